The van der Waals surface area contributed by atoms with Gasteiger partial charge < -0.3 is 5.32 Å². The molecule has 1 aromatic rings. The molecule has 0 aromatic carbocycles. The summed E-state index contributed by atoms with van der Waals surface area (Å²) >= 11 is 0. The Balaban J connectivity index is 2.01. The number of nitriles is 1. The molecule has 1 fully saturated rings. The molecule has 0 aliphatic carbocycles. The van der Waals surface area contributed by atoms with Gasteiger partial charge in [0.15, 0.2) is 0 Å². The maximum atomic E-state index is 11.9. The van der Waals surface area contributed by atoms with E-state index in [-0.39, 0.29) is 29.1 Å². The molecule has 8 heteroatoms. The summed E-state index contributed by atoms with van der Waals surface area (Å²) in [5, 5.41) is 11.3. The molecule has 0 bridgehead atoms. The van der Waals surface area contributed by atoms with Crippen LogP contribution in [0.15, 0.2) is 23.2 Å². The lowest BCUT2D eigenvalue weighted by molar-refractivity contribution is -0.119. The minimum Gasteiger partial charge on any atom is -0.352 e. The lowest BCUT2D eigenvalue weighted by Crippen LogP contribution is -2.38. The third-order valence-corrected chi connectivity index (χ3v) is 4.17. The van der Waals surface area contributed by atoms with Crippen LogP contribution in [0.5, 0.6) is 0 Å². The molecule has 2 N–H and O–H groups in total. The van der Waals surface area contributed by atoms with Gasteiger partial charge in [0.25, 0.3) is 0 Å². The number of sulfonamides is 1. The molecule has 2 heterocycles. The van der Waals surface area contributed by atoms with Gasteiger partial charge in [-0.1, -0.05) is 0 Å². The van der Waals surface area contributed by atoms with Crippen molar-refractivity contribution >= 4 is 15.9 Å². The maximum Gasteiger partial charge on any atom is 0.242 e. The first-order valence-electron chi connectivity index (χ1n) is 5.66. The van der Waals surface area contributed by atoms with Crippen molar-refractivity contribution in [3.05, 3.63) is 24.0 Å². The predicted octanol–water partition coefficient (Wildman–Crippen LogP) is -0.490. The van der Waals surface area contributed by atoms with E-state index in [0.717, 1.165) is 6.20 Å². The van der Waals surface area contributed by atoms with Crippen molar-refractivity contribution in [3.8, 4) is 6.07 Å². The van der Waals surface area contributed by atoms with Crippen LogP contribution in [0, 0.1) is 11.3 Å². The molecule has 0 saturated carbocycles. The molecule has 7 nitrogen and oxygen atoms in total. The smallest absolute Gasteiger partial charge is 0.242 e. The maximum absolute atomic E-state index is 11.9. The van der Waals surface area contributed by atoms with Gasteiger partial charge in [-0.3, -0.25) is 4.79 Å². The number of pyridine rings is 1. The molecule has 1 aliphatic heterocycles. The summed E-state index contributed by atoms with van der Waals surface area (Å²) in [5.74, 6) is -0.0655. The van der Waals surface area contributed by atoms with Gasteiger partial charge in [0.05, 0.1) is 0 Å². The zero-order valence-electron chi connectivity index (χ0n) is 9.96. The summed E-state index contributed by atoms with van der Waals surface area (Å²) in [6.45, 7) is 0.147. The molecule has 1 aromatic heterocycles. The first-order chi connectivity index (χ1) is 9.01. The Hall–Kier alpha value is -1.98. The highest BCUT2D eigenvalue weighted by atomic mass is 32.2. The summed E-state index contributed by atoms with van der Waals surface area (Å²) in [7, 11) is -3.66. The zero-order chi connectivity index (χ0) is 13.9. The SMILES string of the molecule is N#Cc1ccc(S(=O)(=O)NCC2CCC(=O)N2)cn1. The van der Waals surface area contributed by atoms with E-state index in [1.165, 1.54) is 12.1 Å². The third kappa shape index (κ3) is 3.27. The quantitative estimate of drug-likeness (QED) is 0.773. The fraction of sp³-hybridized carbons (Fsp3) is 0.364. The molecule has 1 amide bonds. The van der Waals surface area contributed by atoms with E-state index in [0.29, 0.717) is 12.8 Å². The first kappa shape index (κ1) is 13.5. The van der Waals surface area contributed by atoms with Crippen LogP contribution < -0.4 is 10.0 Å². The number of hydrogen-bond acceptors (Lipinski definition) is 5. The molecule has 1 saturated heterocycles. The Morgan fingerprint density at radius 1 is 1.53 bits per heavy atom. The molecule has 1 atom stereocenters. The van der Waals surface area contributed by atoms with Crippen molar-refractivity contribution in [3.63, 3.8) is 0 Å². The lowest BCUT2D eigenvalue weighted by atomic mass is 10.2. The van der Waals surface area contributed by atoms with Crippen LogP contribution in [0.2, 0.25) is 0 Å². The second-order valence-corrected chi connectivity index (χ2v) is 5.91. The Labute approximate surface area is 110 Å². The lowest BCUT2D eigenvalue weighted by Gasteiger charge is -2.11. The largest absolute Gasteiger partial charge is 0.352 e. The van der Waals surface area contributed by atoms with Crippen LogP contribution >= 0.6 is 0 Å². The van der Waals surface area contributed by atoms with Gasteiger partial charge in [0.2, 0.25) is 15.9 Å². The number of carbonyl (C=O) groups excluding carboxylic acids is 1. The number of hydrogen-bond donors (Lipinski definition) is 2. The standard InChI is InChI=1S/C11H12N4O3S/c12-5-8-1-3-10(7-13-8)19(17,18)14-6-9-2-4-11(16)15-9/h1,3,7,9,14H,2,4,6H2,(H,15,16). The molecule has 1 unspecified atom stereocenters. The highest BCUT2D eigenvalue weighted by molar-refractivity contribution is 7.89. The highest BCUT2D eigenvalue weighted by Crippen LogP contribution is 2.09. The van der Waals surface area contributed by atoms with Crippen LogP contribution in [0.3, 0.4) is 0 Å². The zero-order valence-corrected chi connectivity index (χ0v) is 10.8. The normalized spacial score (nSPS) is 18.9. The van der Waals surface area contributed by atoms with Gasteiger partial charge in [-0.05, 0) is 18.6 Å². The Morgan fingerprint density at radius 3 is 2.84 bits per heavy atom. The average molecular weight is 280 g/mol. The molecule has 19 heavy (non-hydrogen) atoms. The van der Waals surface area contributed by atoms with E-state index in [1.807, 2.05) is 6.07 Å². The second kappa shape index (κ2) is 5.34. The Kier molecular flexibility index (Phi) is 3.78. The highest BCUT2D eigenvalue weighted by Gasteiger charge is 2.23. The number of amides is 1. The van der Waals surface area contributed by atoms with Gasteiger partial charge >= 0.3 is 0 Å². The second-order valence-electron chi connectivity index (χ2n) is 4.15. The molecular formula is C11H12N4O3S. The van der Waals surface area contributed by atoms with Crippen molar-refractivity contribution in [2.75, 3.05) is 6.54 Å². The van der Waals surface area contributed by atoms with E-state index in [4.69, 9.17) is 5.26 Å². The van der Waals surface area contributed by atoms with Crippen molar-refractivity contribution in [2.45, 2.75) is 23.8 Å². The average Bonchev–Trinajstić information content (AvgIpc) is 2.82. The molecule has 0 spiro atoms. The van der Waals surface area contributed by atoms with E-state index in [2.05, 4.69) is 15.0 Å². The fourth-order valence-electron chi connectivity index (χ4n) is 1.73. The predicted molar refractivity (Wildman–Crippen MR) is 65.3 cm³/mol. The first-order valence-corrected chi connectivity index (χ1v) is 7.15. The number of nitrogens with zero attached hydrogens (tertiary/aromatic N) is 2. The van der Waals surface area contributed by atoms with Gasteiger partial charge in [-0.25, -0.2) is 18.1 Å². The molecule has 1 aliphatic rings. The summed E-state index contributed by atoms with van der Waals surface area (Å²) in [4.78, 5) is 14.7. The van der Waals surface area contributed by atoms with Crippen molar-refractivity contribution in [1.29, 1.82) is 5.26 Å². The van der Waals surface area contributed by atoms with E-state index in [9.17, 15) is 13.2 Å². The minimum atomic E-state index is -3.66. The molecule has 0 radical (unpaired) electrons. The van der Waals surface area contributed by atoms with Gasteiger partial charge in [-0.2, -0.15) is 5.26 Å². The van der Waals surface area contributed by atoms with Crippen LogP contribution in [-0.2, 0) is 14.8 Å². The van der Waals surface area contributed by atoms with Crippen LogP contribution in [0.4, 0.5) is 0 Å². The van der Waals surface area contributed by atoms with E-state index in [1.54, 1.807) is 0 Å². The number of rotatable bonds is 4. The molecule has 2 rings (SSSR count). The number of carbonyl (C=O) groups is 1. The Morgan fingerprint density at radius 2 is 2.32 bits per heavy atom. The summed E-state index contributed by atoms with van der Waals surface area (Å²) in [6, 6.07) is 4.30. The van der Waals surface area contributed by atoms with Gasteiger partial charge in [0.1, 0.15) is 16.7 Å². The number of aromatic nitrogens is 1. The third-order valence-electron chi connectivity index (χ3n) is 2.77. The minimum absolute atomic E-state index is 0.00387. The Bertz CT molecular complexity index is 618. The summed E-state index contributed by atoms with van der Waals surface area (Å²) < 4.78 is 26.3. The van der Waals surface area contributed by atoms with Crippen LogP contribution in [0.1, 0.15) is 18.5 Å². The van der Waals surface area contributed by atoms with Gasteiger partial charge in [-0.15, -0.1) is 0 Å². The van der Waals surface area contributed by atoms with Crippen molar-refractivity contribution in [2.24, 2.45) is 0 Å². The van der Waals surface area contributed by atoms with Crippen LogP contribution in [-0.4, -0.2) is 31.9 Å². The molecule has 100 valence electrons. The fourth-order valence-corrected chi connectivity index (χ4v) is 2.76. The summed E-state index contributed by atoms with van der Waals surface area (Å²) in [6.07, 6.45) is 2.17. The summed E-state index contributed by atoms with van der Waals surface area (Å²) in [5.41, 5.74) is 0.155. The van der Waals surface area contributed by atoms with Gasteiger partial charge in [0, 0.05) is 25.2 Å². The topological polar surface area (TPSA) is 112 Å². The number of nitrogens with one attached hydrogen (secondary N) is 2. The van der Waals surface area contributed by atoms with E-state index >= 15 is 0 Å². The molecular weight excluding hydrogens is 268 g/mol. The van der Waals surface area contributed by atoms with E-state index < -0.39 is 10.0 Å². The van der Waals surface area contributed by atoms with Crippen molar-refractivity contribution < 1.29 is 13.2 Å². The van der Waals surface area contributed by atoms with Crippen LogP contribution in [0.25, 0.3) is 0 Å². The van der Waals surface area contributed by atoms with Crippen molar-refractivity contribution in [1.82, 2.24) is 15.0 Å². The monoisotopic (exact) mass is 280 g/mol.